The van der Waals surface area contributed by atoms with E-state index in [1.165, 1.54) is 0 Å². The Kier molecular flexibility index (Phi) is 2.54. The van der Waals surface area contributed by atoms with Gasteiger partial charge in [-0.3, -0.25) is 4.79 Å². The van der Waals surface area contributed by atoms with Gasteiger partial charge in [-0.05, 0) is 27.2 Å². The normalized spacial score (nSPS) is 39.2. The van der Waals surface area contributed by atoms with E-state index in [1.54, 1.807) is 0 Å². The predicted molar refractivity (Wildman–Crippen MR) is 54.7 cm³/mol. The van der Waals surface area contributed by atoms with Gasteiger partial charge in [0.15, 0.2) is 0 Å². The SMILES string of the molecule is CCC1(C)CC(=O)C(C)C(C)(C)N1. The zero-order valence-electron chi connectivity index (χ0n) is 9.40. The summed E-state index contributed by atoms with van der Waals surface area (Å²) in [5, 5.41) is 3.58. The van der Waals surface area contributed by atoms with E-state index in [1.807, 2.05) is 6.92 Å². The molecule has 1 heterocycles. The predicted octanol–water partition coefficient (Wildman–Crippen LogP) is 2.13. The van der Waals surface area contributed by atoms with Crippen LogP contribution in [0.1, 0.15) is 47.5 Å². The Balaban J connectivity index is 2.88. The van der Waals surface area contributed by atoms with Crippen molar-refractivity contribution in [1.82, 2.24) is 5.32 Å². The molecule has 0 aliphatic carbocycles. The number of carbonyl (C=O) groups excluding carboxylic acids is 1. The van der Waals surface area contributed by atoms with Crippen molar-refractivity contribution in [3.8, 4) is 0 Å². The highest BCUT2D eigenvalue weighted by Crippen LogP contribution is 2.32. The lowest BCUT2D eigenvalue weighted by atomic mass is 9.73. The van der Waals surface area contributed by atoms with Crippen LogP contribution in [0.2, 0.25) is 0 Å². The van der Waals surface area contributed by atoms with Gasteiger partial charge in [0.05, 0.1) is 0 Å². The minimum absolute atomic E-state index is 0.00704. The molecule has 0 saturated carbocycles. The van der Waals surface area contributed by atoms with Crippen LogP contribution in [0, 0.1) is 5.92 Å². The second-order valence-corrected chi connectivity index (χ2v) is 5.13. The molecule has 1 aliphatic rings. The number of rotatable bonds is 1. The van der Waals surface area contributed by atoms with Gasteiger partial charge >= 0.3 is 0 Å². The standard InChI is InChI=1S/C11H21NO/c1-6-11(5)7-9(13)8(2)10(3,4)12-11/h8,12H,6-7H2,1-5H3. The number of hydrogen-bond donors (Lipinski definition) is 1. The Bertz CT molecular complexity index is 219. The molecule has 0 amide bonds. The Hall–Kier alpha value is -0.370. The van der Waals surface area contributed by atoms with Crippen LogP contribution in [0.15, 0.2) is 0 Å². The third-order valence-electron chi connectivity index (χ3n) is 3.53. The van der Waals surface area contributed by atoms with Crippen LogP contribution in [-0.4, -0.2) is 16.9 Å². The molecule has 1 saturated heterocycles. The molecule has 2 atom stereocenters. The molecule has 76 valence electrons. The van der Waals surface area contributed by atoms with E-state index in [0.717, 1.165) is 6.42 Å². The van der Waals surface area contributed by atoms with E-state index in [0.29, 0.717) is 12.2 Å². The first-order valence-electron chi connectivity index (χ1n) is 5.13. The second kappa shape index (κ2) is 3.09. The Morgan fingerprint density at radius 2 is 2.00 bits per heavy atom. The zero-order valence-corrected chi connectivity index (χ0v) is 9.40. The fraction of sp³-hybridized carbons (Fsp3) is 0.909. The Labute approximate surface area is 81.1 Å². The van der Waals surface area contributed by atoms with Crippen LogP contribution in [0.25, 0.3) is 0 Å². The van der Waals surface area contributed by atoms with Gasteiger partial charge in [-0.1, -0.05) is 13.8 Å². The summed E-state index contributed by atoms with van der Waals surface area (Å²) in [5.74, 6) is 0.528. The van der Waals surface area contributed by atoms with Crippen LogP contribution < -0.4 is 5.32 Å². The number of nitrogens with one attached hydrogen (secondary N) is 1. The summed E-state index contributed by atoms with van der Waals surface area (Å²) in [6.45, 7) is 10.5. The summed E-state index contributed by atoms with van der Waals surface area (Å²) < 4.78 is 0. The van der Waals surface area contributed by atoms with Crippen molar-refractivity contribution < 1.29 is 4.79 Å². The molecule has 2 heteroatoms. The molecule has 13 heavy (non-hydrogen) atoms. The van der Waals surface area contributed by atoms with E-state index >= 15 is 0 Å². The summed E-state index contributed by atoms with van der Waals surface area (Å²) in [7, 11) is 0. The maximum Gasteiger partial charge on any atom is 0.139 e. The topological polar surface area (TPSA) is 29.1 Å². The van der Waals surface area contributed by atoms with Crippen molar-refractivity contribution in [2.45, 2.75) is 58.5 Å². The summed E-state index contributed by atoms with van der Waals surface area (Å²) in [6, 6.07) is 0. The minimum Gasteiger partial charge on any atom is -0.305 e. The maximum atomic E-state index is 11.7. The van der Waals surface area contributed by atoms with Crippen molar-refractivity contribution >= 4 is 5.78 Å². The smallest absolute Gasteiger partial charge is 0.139 e. The number of ketones is 1. The fourth-order valence-corrected chi connectivity index (χ4v) is 2.08. The molecule has 0 aromatic rings. The molecule has 1 aliphatic heterocycles. The quantitative estimate of drug-likeness (QED) is 0.674. The number of piperidine rings is 1. The Morgan fingerprint density at radius 3 is 2.38 bits per heavy atom. The molecule has 0 aromatic carbocycles. The van der Waals surface area contributed by atoms with Gasteiger partial charge in [0, 0.05) is 23.4 Å². The van der Waals surface area contributed by atoms with E-state index < -0.39 is 0 Å². The van der Waals surface area contributed by atoms with Crippen molar-refractivity contribution in [2.75, 3.05) is 0 Å². The lowest BCUT2D eigenvalue weighted by molar-refractivity contribution is -0.129. The summed E-state index contributed by atoms with van der Waals surface area (Å²) >= 11 is 0. The van der Waals surface area contributed by atoms with Crippen molar-refractivity contribution in [1.29, 1.82) is 0 Å². The van der Waals surface area contributed by atoms with Gasteiger partial charge in [-0.15, -0.1) is 0 Å². The van der Waals surface area contributed by atoms with Crippen LogP contribution >= 0.6 is 0 Å². The highest BCUT2D eigenvalue weighted by atomic mass is 16.1. The van der Waals surface area contributed by atoms with Gasteiger partial charge in [0.2, 0.25) is 0 Å². The summed E-state index contributed by atoms with van der Waals surface area (Å²) in [5.41, 5.74) is -0.0484. The highest BCUT2D eigenvalue weighted by molar-refractivity contribution is 5.84. The average molecular weight is 183 g/mol. The molecule has 1 fully saturated rings. The minimum atomic E-state index is -0.0555. The van der Waals surface area contributed by atoms with E-state index in [-0.39, 0.29) is 17.0 Å². The fourth-order valence-electron chi connectivity index (χ4n) is 2.08. The van der Waals surface area contributed by atoms with Crippen LogP contribution in [0.3, 0.4) is 0 Å². The lowest BCUT2D eigenvalue weighted by Gasteiger charge is -2.47. The monoisotopic (exact) mass is 183 g/mol. The zero-order chi connectivity index (χ0) is 10.3. The van der Waals surface area contributed by atoms with Gasteiger partial charge in [-0.2, -0.15) is 0 Å². The van der Waals surface area contributed by atoms with Crippen LogP contribution in [0.4, 0.5) is 0 Å². The summed E-state index contributed by atoms with van der Waals surface area (Å²) in [4.78, 5) is 11.7. The van der Waals surface area contributed by atoms with Crippen LogP contribution in [0.5, 0.6) is 0 Å². The van der Waals surface area contributed by atoms with Gasteiger partial charge in [0.25, 0.3) is 0 Å². The number of Topliss-reactive ketones (excluding diaryl/α,β-unsaturated/α-hetero) is 1. The molecule has 0 bridgehead atoms. The van der Waals surface area contributed by atoms with E-state index in [4.69, 9.17) is 0 Å². The molecule has 2 nitrogen and oxygen atoms in total. The van der Waals surface area contributed by atoms with Crippen molar-refractivity contribution in [3.63, 3.8) is 0 Å². The number of hydrogen-bond acceptors (Lipinski definition) is 2. The molecule has 0 radical (unpaired) electrons. The first kappa shape index (κ1) is 10.7. The first-order valence-corrected chi connectivity index (χ1v) is 5.13. The average Bonchev–Trinajstić information content (AvgIpc) is 2.00. The maximum absolute atomic E-state index is 11.7. The highest BCUT2D eigenvalue weighted by Gasteiger charge is 2.43. The van der Waals surface area contributed by atoms with E-state index in [9.17, 15) is 4.79 Å². The molecule has 1 N–H and O–H groups in total. The van der Waals surface area contributed by atoms with Crippen molar-refractivity contribution in [2.24, 2.45) is 5.92 Å². The van der Waals surface area contributed by atoms with Crippen molar-refractivity contribution in [3.05, 3.63) is 0 Å². The second-order valence-electron chi connectivity index (χ2n) is 5.13. The van der Waals surface area contributed by atoms with Gasteiger partial charge < -0.3 is 5.32 Å². The van der Waals surface area contributed by atoms with E-state index in [2.05, 4.69) is 33.0 Å². The largest absolute Gasteiger partial charge is 0.305 e. The third kappa shape index (κ3) is 1.93. The van der Waals surface area contributed by atoms with Crippen LogP contribution in [-0.2, 0) is 4.79 Å². The molecular weight excluding hydrogens is 162 g/mol. The molecule has 1 rings (SSSR count). The van der Waals surface area contributed by atoms with Gasteiger partial charge in [0.1, 0.15) is 5.78 Å². The molecule has 2 unspecified atom stereocenters. The Morgan fingerprint density at radius 1 is 1.46 bits per heavy atom. The molecular formula is C11H21NO. The number of carbonyl (C=O) groups is 1. The molecule has 0 spiro atoms. The summed E-state index contributed by atoms with van der Waals surface area (Å²) in [6.07, 6.45) is 1.68. The lowest BCUT2D eigenvalue weighted by Crippen LogP contribution is -2.63. The third-order valence-corrected chi connectivity index (χ3v) is 3.53. The van der Waals surface area contributed by atoms with Gasteiger partial charge in [-0.25, -0.2) is 0 Å². The first-order chi connectivity index (χ1) is 5.81. The molecule has 0 aromatic heterocycles.